The van der Waals surface area contributed by atoms with E-state index in [0.717, 1.165) is 21.9 Å². The van der Waals surface area contributed by atoms with E-state index in [9.17, 15) is 18.0 Å². The summed E-state index contributed by atoms with van der Waals surface area (Å²) in [6.07, 6.45) is 0.723. The molecule has 0 fully saturated rings. The molecular weight excluding hydrogens is 557 g/mol. The van der Waals surface area contributed by atoms with Gasteiger partial charge < -0.3 is 10.2 Å². The number of sulfonamides is 1. The highest BCUT2D eigenvalue weighted by Crippen LogP contribution is 2.33. The molecule has 0 saturated carbocycles. The van der Waals surface area contributed by atoms with Crippen molar-refractivity contribution >= 4 is 50.7 Å². The fraction of sp³-hybridized carbons (Fsp3) is 0.310. The van der Waals surface area contributed by atoms with Crippen molar-refractivity contribution in [2.75, 3.05) is 10.8 Å². The van der Waals surface area contributed by atoms with E-state index in [1.807, 2.05) is 45.0 Å². The minimum Gasteiger partial charge on any atom is -0.352 e. The van der Waals surface area contributed by atoms with Crippen molar-refractivity contribution in [1.29, 1.82) is 0 Å². The lowest BCUT2D eigenvalue weighted by Crippen LogP contribution is -2.52. The third kappa shape index (κ3) is 7.75. The molecule has 3 aromatic rings. The molecule has 0 aromatic heterocycles. The first-order valence-corrected chi connectivity index (χ1v) is 14.8. The Balaban J connectivity index is 2.05. The van der Waals surface area contributed by atoms with E-state index in [1.54, 1.807) is 25.1 Å². The molecule has 0 unspecified atom stereocenters. The lowest BCUT2D eigenvalue weighted by atomic mass is 10.1. The fourth-order valence-electron chi connectivity index (χ4n) is 3.85. The van der Waals surface area contributed by atoms with Gasteiger partial charge in [0.15, 0.2) is 0 Å². The smallest absolute Gasteiger partial charge is 0.264 e. The van der Waals surface area contributed by atoms with Crippen LogP contribution in [-0.4, -0.2) is 43.8 Å². The van der Waals surface area contributed by atoms with Gasteiger partial charge in [-0.15, -0.1) is 0 Å². The standard InChI is InChI=1S/C29H33Cl2N3O4S/c1-5-21(3)32-29(36)22(4)33(18-23-13-11-20(2)12-14-23)28(35)19-34(27-17-24(30)15-16-26(27)31)39(37,38)25-9-7-6-8-10-25/h6-17,21-22H,5,18-19H2,1-4H3,(H,32,36)/t21-,22+/m1/s1. The number of carbonyl (C=O) groups excluding carboxylic acids is 2. The third-order valence-electron chi connectivity index (χ3n) is 6.43. The van der Waals surface area contributed by atoms with Gasteiger partial charge in [-0.2, -0.15) is 0 Å². The molecule has 0 spiro atoms. The summed E-state index contributed by atoms with van der Waals surface area (Å²) in [6, 6.07) is 18.8. The number of nitrogens with zero attached hydrogens (tertiary/aromatic N) is 2. The van der Waals surface area contributed by atoms with Crippen LogP contribution in [0.2, 0.25) is 10.0 Å². The van der Waals surface area contributed by atoms with E-state index >= 15 is 0 Å². The second kappa shape index (κ2) is 13.3. The molecule has 0 bridgehead atoms. The lowest BCUT2D eigenvalue weighted by molar-refractivity contribution is -0.139. The van der Waals surface area contributed by atoms with Crippen LogP contribution in [0.5, 0.6) is 0 Å². The molecule has 39 heavy (non-hydrogen) atoms. The van der Waals surface area contributed by atoms with Crippen LogP contribution in [0.4, 0.5) is 5.69 Å². The van der Waals surface area contributed by atoms with Crippen molar-refractivity contribution in [2.24, 2.45) is 0 Å². The number of rotatable bonds is 11. The van der Waals surface area contributed by atoms with Gasteiger partial charge in [-0.3, -0.25) is 13.9 Å². The highest BCUT2D eigenvalue weighted by molar-refractivity contribution is 7.92. The third-order valence-corrected chi connectivity index (χ3v) is 8.76. The SMILES string of the molecule is CC[C@@H](C)NC(=O)[C@H](C)N(Cc1ccc(C)cc1)C(=O)CN(c1cc(Cl)ccc1Cl)S(=O)(=O)c1ccccc1. The van der Waals surface area contributed by atoms with Crippen LogP contribution >= 0.6 is 23.2 Å². The van der Waals surface area contributed by atoms with E-state index in [1.165, 1.54) is 35.2 Å². The van der Waals surface area contributed by atoms with Gasteiger partial charge >= 0.3 is 0 Å². The number of aryl methyl sites for hydroxylation is 1. The molecule has 3 rings (SSSR count). The zero-order chi connectivity index (χ0) is 28.7. The van der Waals surface area contributed by atoms with Crippen LogP contribution in [0.25, 0.3) is 0 Å². The second-order valence-corrected chi connectivity index (χ2v) is 12.1. The highest BCUT2D eigenvalue weighted by Gasteiger charge is 2.33. The predicted molar refractivity (Wildman–Crippen MR) is 157 cm³/mol. The Kier molecular flexibility index (Phi) is 10.4. The number of nitrogens with one attached hydrogen (secondary N) is 1. The van der Waals surface area contributed by atoms with E-state index in [-0.39, 0.29) is 39.1 Å². The molecule has 208 valence electrons. The molecule has 0 saturated heterocycles. The van der Waals surface area contributed by atoms with Crippen LogP contribution in [0, 0.1) is 6.92 Å². The zero-order valence-electron chi connectivity index (χ0n) is 22.4. The molecule has 1 N–H and O–H groups in total. The first-order chi connectivity index (χ1) is 18.4. The Bertz CT molecular complexity index is 1400. The number of benzene rings is 3. The Morgan fingerprint density at radius 1 is 0.949 bits per heavy atom. The molecule has 2 atom stereocenters. The normalized spacial score (nSPS) is 12.9. The monoisotopic (exact) mass is 589 g/mol. The summed E-state index contributed by atoms with van der Waals surface area (Å²) in [5, 5.41) is 3.28. The Labute approximate surface area is 240 Å². The van der Waals surface area contributed by atoms with Gasteiger partial charge in [0.1, 0.15) is 12.6 Å². The van der Waals surface area contributed by atoms with Crippen molar-refractivity contribution in [2.45, 2.75) is 57.6 Å². The Morgan fingerprint density at radius 2 is 1.59 bits per heavy atom. The molecule has 2 amide bonds. The van der Waals surface area contributed by atoms with Crippen LogP contribution < -0.4 is 9.62 Å². The number of carbonyl (C=O) groups is 2. The van der Waals surface area contributed by atoms with Gasteiger partial charge in [-0.05, 0) is 63.1 Å². The first kappa shape index (κ1) is 30.5. The molecule has 10 heteroatoms. The van der Waals surface area contributed by atoms with E-state index < -0.39 is 28.5 Å². The number of hydrogen-bond acceptors (Lipinski definition) is 4. The molecule has 0 aliphatic rings. The topological polar surface area (TPSA) is 86.8 Å². The van der Waals surface area contributed by atoms with Crippen LogP contribution in [0.3, 0.4) is 0 Å². The number of hydrogen-bond donors (Lipinski definition) is 1. The minimum absolute atomic E-state index is 0.0125. The largest absolute Gasteiger partial charge is 0.352 e. The van der Waals surface area contributed by atoms with Gasteiger partial charge in [-0.1, -0.05) is 78.2 Å². The number of anilines is 1. The van der Waals surface area contributed by atoms with Gasteiger partial charge in [0.2, 0.25) is 11.8 Å². The summed E-state index contributed by atoms with van der Waals surface area (Å²) >= 11 is 12.6. The minimum atomic E-state index is -4.23. The summed E-state index contributed by atoms with van der Waals surface area (Å²) in [7, 11) is -4.23. The van der Waals surface area contributed by atoms with Crippen molar-refractivity contribution in [3.05, 3.63) is 94.0 Å². The summed E-state index contributed by atoms with van der Waals surface area (Å²) in [5.41, 5.74) is 1.92. The maximum Gasteiger partial charge on any atom is 0.264 e. The fourth-order valence-corrected chi connectivity index (χ4v) is 5.73. The average molecular weight is 591 g/mol. The van der Waals surface area contributed by atoms with Crippen molar-refractivity contribution in [1.82, 2.24) is 10.2 Å². The van der Waals surface area contributed by atoms with Crippen molar-refractivity contribution < 1.29 is 18.0 Å². The van der Waals surface area contributed by atoms with Gasteiger partial charge in [0.05, 0.1) is 15.6 Å². The van der Waals surface area contributed by atoms with Crippen LogP contribution in [-0.2, 0) is 26.2 Å². The molecule has 3 aromatic carbocycles. The summed E-state index contributed by atoms with van der Waals surface area (Å²) < 4.78 is 28.6. The first-order valence-electron chi connectivity index (χ1n) is 12.6. The Hall–Kier alpha value is -3.07. The lowest BCUT2D eigenvalue weighted by Gasteiger charge is -2.32. The van der Waals surface area contributed by atoms with Gasteiger partial charge in [-0.25, -0.2) is 8.42 Å². The highest BCUT2D eigenvalue weighted by atomic mass is 35.5. The molecule has 0 radical (unpaired) electrons. The maximum atomic E-state index is 13.9. The average Bonchev–Trinajstić information content (AvgIpc) is 2.92. The number of amides is 2. The molecule has 0 aliphatic heterocycles. The van der Waals surface area contributed by atoms with E-state index in [2.05, 4.69) is 5.32 Å². The van der Waals surface area contributed by atoms with E-state index in [0.29, 0.717) is 0 Å². The van der Waals surface area contributed by atoms with Crippen molar-refractivity contribution in [3.63, 3.8) is 0 Å². The van der Waals surface area contributed by atoms with Gasteiger partial charge in [0, 0.05) is 17.6 Å². The van der Waals surface area contributed by atoms with Crippen LogP contribution in [0.15, 0.2) is 77.7 Å². The summed E-state index contributed by atoms with van der Waals surface area (Å²) in [4.78, 5) is 28.4. The second-order valence-electron chi connectivity index (χ2n) is 9.42. The molecule has 7 nitrogen and oxygen atoms in total. The Morgan fingerprint density at radius 3 is 2.21 bits per heavy atom. The zero-order valence-corrected chi connectivity index (χ0v) is 24.7. The van der Waals surface area contributed by atoms with E-state index in [4.69, 9.17) is 23.2 Å². The molecule has 0 aliphatic carbocycles. The van der Waals surface area contributed by atoms with Gasteiger partial charge in [0.25, 0.3) is 10.0 Å². The predicted octanol–water partition coefficient (Wildman–Crippen LogP) is 5.83. The molecule has 0 heterocycles. The quantitative estimate of drug-likeness (QED) is 0.305. The number of halogens is 2. The maximum absolute atomic E-state index is 13.9. The summed E-state index contributed by atoms with van der Waals surface area (Å²) in [5.74, 6) is -0.902. The summed E-state index contributed by atoms with van der Waals surface area (Å²) in [6.45, 7) is 6.93. The molecular formula is C29H33Cl2N3O4S. The van der Waals surface area contributed by atoms with Crippen molar-refractivity contribution in [3.8, 4) is 0 Å². The van der Waals surface area contributed by atoms with Crippen LogP contribution in [0.1, 0.15) is 38.3 Å².